The average molecular weight is 234 g/mol. The van der Waals surface area contributed by atoms with E-state index in [-0.39, 0.29) is 11.7 Å². The van der Waals surface area contributed by atoms with Gasteiger partial charge in [0.25, 0.3) is 0 Å². The molecule has 0 saturated carbocycles. The topological polar surface area (TPSA) is 55.2 Å². The summed E-state index contributed by atoms with van der Waals surface area (Å²) < 4.78 is 17.8. The Balaban J connectivity index is 2.36. The first-order chi connectivity index (χ1) is 8.22. The molecule has 1 aromatic carbocycles. The van der Waals surface area contributed by atoms with Crippen molar-refractivity contribution in [2.75, 3.05) is 7.11 Å². The number of benzene rings is 1. The summed E-state index contributed by atoms with van der Waals surface area (Å²) in [5, 5.41) is 10.1. The minimum Gasteiger partial charge on any atom is -0.480 e. The van der Waals surface area contributed by atoms with Crippen LogP contribution in [0.5, 0.6) is 5.88 Å². The fourth-order valence-electron chi connectivity index (χ4n) is 1.48. The summed E-state index contributed by atoms with van der Waals surface area (Å²) >= 11 is 0. The Morgan fingerprint density at radius 1 is 1.18 bits per heavy atom. The molecule has 0 aliphatic carbocycles. The highest BCUT2D eigenvalue weighted by Gasteiger charge is 2.17. The Bertz CT molecular complexity index is 502. The van der Waals surface area contributed by atoms with Gasteiger partial charge in [0, 0.05) is 12.4 Å². The number of rotatable bonds is 3. The van der Waals surface area contributed by atoms with Crippen LogP contribution in [0.15, 0.2) is 36.7 Å². The molecule has 0 amide bonds. The molecular weight excluding hydrogens is 223 g/mol. The van der Waals surface area contributed by atoms with Crippen molar-refractivity contribution < 1.29 is 14.2 Å². The molecule has 1 unspecified atom stereocenters. The molecule has 0 bridgehead atoms. The molecule has 0 saturated heterocycles. The predicted octanol–water partition coefficient (Wildman–Crippen LogP) is 1.71. The standard InChI is InChI=1S/C12H11FN2O2/c1-17-12-10(14-6-7-15-12)11(16)8-2-4-9(13)5-3-8/h2-7,11,16H,1H3. The molecule has 1 aromatic heterocycles. The Hall–Kier alpha value is -2.01. The molecule has 5 heteroatoms. The first kappa shape index (κ1) is 11.5. The molecule has 17 heavy (non-hydrogen) atoms. The van der Waals surface area contributed by atoms with Crippen LogP contribution in [-0.4, -0.2) is 22.2 Å². The van der Waals surface area contributed by atoms with Gasteiger partial charge in [-0.2, -0.15) is 0 Å². The maximum atomic E-state index is 12.8. The zero-order valence-electron chi connectivity index (χ0n) is 9.17. The van der Waals surface area contributed by atoms with Crippen LogP contribution < -0.4 is 4.74 Å². The molecule has 0 spiro atoms. The second kappa shape index (κ2) is 4.88. The quantitative estimate of drug-likeness (QED) is 0.878. The van der Waals surface area contributed by atoms with Gasteiger partial charge in [-0.3, -0.25) is 4.98 Å². The summed E-state index contributed by atoms with van der Waals surface area (Å²) in [5.41, 5.74) is 0.840. The Kier molecular flexibility index (Phi) is 3.30. The van der Waals surface area contributed by atoms with Crippen LogP contribution in [0.2, 0.25) is 0 Å². The Morgan fingerprint density at radius 2 is 1.82 bits per heavy atom. The van der Waals surface area contributed by atoms with E-state index in [0.29, 0.717) is 11.3 Å². The fraction of sp³-hybridized carbons (Fsp3) is 0.167. The van der Waals surface area contributed by atoms with Crippen molar-refractivity contribution >= 4 is 0 Å². The number of aliphatic hydroxyl groups is 1. The van der Waals surface area contributed by atoms with Crippen LogP contribution in [0.1, 0.15) is 17.4 Å². The van der Waals surface area contributed by atoms with Gasteiger partial charge in [-0.05, 0) is 17.7 Å². The number of nitrogens with zero attached hydrogens (tertiary/aromatic N) is 2. The summed E-state index contributed by atoms with van der Waals surface area (Å²) in [6.07, 6.45) is 1.95. The summed E-state index contributed by atoms with van der Waals surface area (Å²) in [4.78, 5) is 7.96. The van der Waals surface area contributed by atoms with Gasteiger partial charge in [-0.15, -0.1) is 0 Å². The summed E-state index contributed by atoms with van der Waals surface area (Å²) in [6, 6.07) is 5.55. The van der Waals surface area contributed by atoms with Crippen LogP contribution in [0.4, 0.5) is 4.39 Å². The Morgan fingerprint density at radius 3 is 2.47 bits per heavy atom. The van der Waals surface area contributed by atoms with Crippen LogP contribution in [0.25, 0.3) is 0 Å². The molecule has 0 radical (unpaired) electrons. The zero-order valence-corrected chi connectivity index (χ0v) is 9.17. The van der Waals surface area contributed by atoms with Gasteiger partial charge in [-0.25, -0.2) is 9.37 Å². The molecule has 0 aliphatic heterocycles. The van der Waals surface area contributed by atoms with E-state index in [0.717, 1.165) is 0 Å². The highest BCUT2D eigenvalue weighted by atomic mass is 19.1. The van der Waals surface area contributed by atoms with Gasteiger partial charge in [-0.1, -0.05) is 12.1 Å². The number of ether oxygens (including phenoxy) is 1. The van der Waals surface area contributed by atoms with Crippen molar-refractivity contribution in [3.63, 3.8) is 0 Å². The monoisotopic (exact) mass is 234 g/mol. The van der Waals surface area contributed by atoms with E-state index >= 15 is 0 Å². The van der Waals surface area contributed by atoms with E-state index in [1.807, 2.05) is 0 Å². The molecule has 4 nitrogen and oxygen atoms in total. The normalized spacial score (nSPS) is 12.2. The predicted molar refractivity (Wildman–Crippen MR) is 59.0 cm³/mol. The molecule has 88 valence electrons. The number of aliphatic hydroxyl groups excluding tert-OH is 1. The van der Waals surface area contributed by atoms with Crippen molar-refractivity contribution in [2.45, 2.75) is 6.10 Å². The molecule has 2 rings (SSSR count). The second-order valence-electron chi connectivity index (χ2n) is 3.40. The molecule has 0 aliphatic rings. The largest absolute Gasteiger partial charge is 0.480 e. The van der Waals surface area contributed by atoms with Crippen LogP contribution in [0.3, 0.4) is 0 Å². The second-order valence-corrected chi connectivity index (χ2v) is 3.40. The minimum absolute atomic E-state index is 0.254. The molecule has 2 aromatic rings. The summed E-state index contributed by atoms with van der Waals surface area (Å²) in [6.45, 7) is 0. The third-order valence-corrected chi connectivity index (χ3v) is 2.33. The van der Waals surface area contributed by atoms with Gasteiger partial charge in [0.1, 0.15) is 17.6 Å². The van der Waals surface area contributed by atoms with Crippen molar-refractivity contribution in [3.05, 3.63) is 53.7 Å². The van der Waals surface area contributed by atoms with E-state index in [2.05, 4.69) is 9.97 Å². The lowest BCUT2D eigenvalue weighted by Crippen LogP contribution is -2.06. The maximum Gasteiger partial charge on any atom is 0.238 e. The SMILES string of the molecule is COc1nccnc1C(O)c1ccc(F)cc1. The van der Waals surface area contributed by atoms with Crippen molar-refractivity contribution in [2.24, 2.45) is 0 Å². The minimum atomic E-state index is -0.987. The highest BCUT2D eigenvalue weighted by molar-refractivity contribution is 5.30. The summed E-state index contributed by atoms with van der Waals surface area (Å²) in [7, 11) is 1.45. The smallest absolute Gasteiger partial charge is 0.238 e. The number of halogens is 1. The highest BCUT2D eigenvalue weighted by Crippen LogP contribution is 2.25. The van der Waals surface area contributed by atoms with E-state index < -0.39 is 6.10 Å². The van der Waals surface area contributed by atoms with Gasteiger partial charge in [0.2, 0.25) is 5.88 Å². The maximum absolute atomic E-state index is 12.8. The fourth-order valence-corrected chi connectivity index (χ4v) is 1.48. The number of methoxy groups -OCH3 is 1. The van der Waals surface area contributed by atoms with Gasteiger partial charge in [0.15, 0.2) is 0 Å². The molecular formula is C12H11FN2O2. The number of hydrogen-bond acceptors (Lipinski definition) is 4. The van der Waals surface area contributed by atoms with Gasteiger partial charge >= 0.3 is 0 Å². The average Bonchev–Trinajstić information content (AvgIpc) is 2.39. The third-order valence-electron chi connectivity index (χ3n) is 2.33. The third kappa shape index (κ3) is 2.39. The lowest BCUT2D eigenvalue weighted by atomic mass is 10.1. The number of aromatic nitrogens is 2. The van der Waals surface area contributed by atoms with Gasteiger partial charge < -0.3 is 9.84 Å². The molecule has 0 fully saturated rings. The van der Waals surface area contributed by atoms with Crippen molar-refractivity contribution in [3.8, 4) is 5.88 Å². The molecule has 1 heterocycles. The van der Waals surface area contributed by atoms with Crippen LogP contribution in [-0.2, 0) is 0 Å². The molecule has 1 N–H and O–H groups in total. The first-order valence-electron chi connectivity index (χ1n) is 5.01. The van der Waals surface area contributed by atoms with Crippen molar-refractivity contribution in [1.82, 2.24) is 9.97 Å². The van der Waals surface area contributed by atoms with E-state index in [9.17, 15) is 9.50 Å². The van der Waals surface area contributed by atoms with Crippen LogP contribution in [0, 0.1) is 5.82 Å². The Labute approximate surface area is 97.7 Å². The first-order valence-corrected chi connectivity index (χ1v) is 5.01. The van der Waals surface area contributed by atoms with Crippen LogP contribution >= 0.6 is 0 Å². The summed E-state index contributed by atoms with van der Waals surface area (Å²) in [5.74, 6) is -0.101. The number of hydrogen-bond donors (Lipinski definition) is 1. The van der Waals surface area contributed by atoms with E-state index in [1.54, 1.807) is 0 Å². The molecule has 1 atom stereocenters. The van der Waals surface area contributed by atoms with E-state index in [4.69, 9.17) is 4.74 Å². The van der Waals surface area contributed by atoms with Gasteiger partial charge in [0.05, 0.1) is 7.11 Å². The lowest BCUT2D eigenvalue weighted by molar-refractivity contribution is 0.207. The van der Waals surface area contributed by atoms with Crippen molar-refractivity contribution in [1.29, 1.82) is 0 Å². The zero-order chi connectivity index (χ0) is 12.3. The lowest BCUT2D eigenvalue weighted by Gasteiger charge is -2.12. The van der Waals surface area contributed by atoms with E-state index in [1.165, 1.54) is 43.8 Å².